The van der Waals surface area contributed by atoms with E-state index in [0.29, 0.717) is 30.9 Å². The van der Waals surface area contributed by atoms with E-state index in [1.165, 1.54) is 0 Å². The van der Waals surface area contributed by atoms with Crippen LogP contribution in [0.1, 0.15) is 63.0 Å². The number of carbonyl (C=O) groups is 2. The third kappa shape index (κ3) is 13.9. The summed E-state index contributed by atoms with van der Waals surface area (Å²) >= 11 is 0. The average molecular weight is 503 g/mol. The van der Waals surface area contributed by atoms with Crippen LogP contribution in [0.2, 0.25) is 0 Å². The van der Waals surface area contributed by atoms with Gasteiger partial charge in [0.1, 0.15) is 6.61 Å². The molecule has 2 aromatic carbocycles. The van der Waals surface area contributed by atoms with Crippen LogP contribution in [-0.4, -0.2) is 68.6 Å². The van der Waals surface area contributed by atoms with E-state index in [1.807, 2.05) is 78.7 Å². The summed E-state index contributed by atoms with van der Waals surface area (Å²) in [6.07, 6.45) is 0.912. The molecule has 0 spiro atoms. The first-order valence-corrected chi connectivity index (χ1v) is 12.5. The van der Waals surface area contributed by atoms with E-state index in [0.717, 1.165) is 36.3 Å². The van der Waals surface area contributed by atoms with Crippen LogP contribution < -0.4 is 11.1 Å². The van der Waals surface area contributed by atoms with Crippen molar-refractivity contribution in [3.8, 4) is 0 Å². The molecule has 0 aliphatic rings. The van der Waals surface area contributed by atoms with Gasteiger partial charge in [0.05, 0.1) is 12.1 Å². The molecule has 0 radical (unpaired) electrons. The average Bonchev–Trinajstić information content (AvgIpc) is 2.84. The fourth-order valence-corrected chi connectivity index (χ4v) is 3.23. The molecule has 2 aromatic rings. The molecule has 0 unspecified atom stereocenters. The molecule has 7 nitrogen and oxygen atoms in total. The van der Waals surface area contributed by atoms with Crippen molar-refractivity contribution in [3.63, 3.8) is 0 Å². The molecule has 0 fully saturated rings. The standard InChI is InChI=1S/C24H34N4O3.2C2H6.CH4/c1-18-7-5-8-19(2)23(18)26-22(29)17-28(4)14-6-13-27(3)15-16-31-24(30)20-9-11-21(25)12-10-20;2*1-2;/h5,7-12H,6,13-17,25H2,1-4H3,(H,26,29);2*1-2H3;1H4. The summed E-state index contributed by atoms with van der Waals surface area (Å²) in [5.41, 5.74) is 9.76. The number of hydrogen-bond acceptors (Lipinski definition) is 6. The maximum atomic E-state index is 12.3. The van der Waals surface area contributed by atoms with E-state index in [-0.39, 0.29) is 19.3 Å². The monoisotopic (exact) mass is 502 g/mol. The maximum Gasteiger partial charge on any atom is 0.338 e. The molecule has 0 bridgehead atoms. The number of nitrogens with two attached hydrogens (primary N) is 1. The van der Waals surface area contributed by atoms with Crippen molar-refractivity contribution < 1.29 is 14.3 Å². The lowest BCUT2D eigenvalue weighted by molar-refractivity contribution is -0.117. The summed E-state index contributed by atoms with van der Waals surface area (Å²) < 4.78 is 5.31. The molecule has 0 aliphatic heterocycles. The predicted octanol–water partition coefficient (Wildman–Crippen LogP) is 5.62. The van der Waals surface area contributed by atoms with Gasteiger partial charge in [0.15, 0.2) is 0 Å². The molecule has 204 valence electrons. The lowest BCUT2D eigenvalue weighted by atomic mass is 10.1. The number of benzene rings is 2. The molecule has 3 N–H and O–H groups in total. The Kier molecular flexibility index (Phi) is 19.9. The molecule has 0 saturated carbocycles. The molecule has 36 heavy (non-hydrogen) atoms. The number of nitrogens with zero attached hydrogens (tertiary/aromatic N) is 2. The number of likely N-dealkylation sites (N-methyl/N-ethyl adjacent to an activating group) is 2. The normalized spacial score (nSPS) is 9.83. The number of ether oxygens (including phenoxy) is 1. The second-order valence-electron chi connectivity index (χ2n) is 7.97. The van der Waals surface area contributed by atoms with Crippen molar-refractivity contribution in [3.05, 3.63) is 59.2 Å². The van der Waals surface area contributed by atoms with Crippen molar-refractivity contribution in [1.29, 1.82) is 0 Å². The predicted molar refractivity (Wildman–Crippen MR) is 155 cm³/mol. The topological polar surface area (TPSA) is 87.9 Å². The van der Waals surface area contributed by atoms with Crippen molar-refractivity contribution >= 4 is 23.3 Å². The van der Waals surface area contributed by atoms with Crippen LogP contribution in [0.25, 0.3) is 0 Å². The Morgan fingerprint density at radius 2 is 1.39 bits per heavy atom. The third-order valence-electron chi connectivity index (χ3n) is 5.09. The van der Waals surface area contributed by atoms with E-state index in [9.17, 15) is 9.59 Å². The molecular formula is C29H50N4O3. The number of anilines is 2. The van der Waals surface area contributed by atoms with Crippen LogP contribution in [0.3, 0.4) is 0 Å². The molecule has 1 amide bonds. The van der Waals surface area contributed by atoms with Gasteiger partial charge in [0.25, 0.3) is 0 Å². The number of aryl methyl sites for hydroxylation is 2. The number of para-hydroxylation sites is 1. The summed E-state index contributed by atoms with van der Waals surface area (Å²) in [4.78, 5) is 28.5. The fourth-order valence-electron chi connectivity index (χ4n) is 3.23. The Morgan fingerprint density at radius 3 is 1.94 bits per heavy atom. The third-order valence-corrected chi connectivity index (χ3v) is 5.09. The van der Waals surface area contributed by atoms with Crippen molar-refractivity contribution in [2.75, 3.05) is 57.9 Å². The molecule has 7 heteroatoms. The first-order chi connectivity index (χ1) is 16.8. The van der Waals surface area contributed by atoms with Gasteiger partial charge in [-0.1, -0.05) is 53.3 Å². The summed E-state index contributed by atoms with van der Waals surface area (Å²) in [6, 6.07) is 12.7. The second-order valence-corrected chi connectivity index (χ2v) is 7.97. The number of nitrogen functional groups attached to an aromatic ring is 1. The van der Waals surface area contributed by atoms with Crippen molar-refractivity contribution in [2.45, 2.75) is 55.4 Å². The molecular weight excluding hydrogens is 452 g/mol. The molecule has 0 saturated heterocycles. The van der Waals surface area contributed by atoms with Gasteiger partial charge in [-0.2, -0.15) is 0 Å². The first-order valence-electron chi connectivity index (χ1n) is 12.5. The summed E-state index contributed by atoms with van der Waals surface area (Å²) in [5.74, 6) is -0.356. The van der Waals surface area contributed by atoms with Gasteiger partial charge < -0.3 is 20.7 Å². The second kappa shape index (κ2) is 20.3. The Morgan fingerprint density at radius 1 is 0.861 bits per heavy atom. The van der Waals surface area contributed by atoms with Gasteiger partial charge >= 0.3 is 5.97 Å². The summed E-state index contributed by atoms with van der Waals surface area (Å²) in [5, 5.41) is 3.02. The lowest BCUT2D eigenvalue weighted by Gasteiger charge is -2.20. The minimum atomic E-state index is -0.344. The number of hydrogen-bond donors (Lipinski definition) is 2. The highest BCUT2D eigenvalue weighted by Crippen LogP contribution is 2.19. The van der Waals surface area contributed by atoms with Gasteiger partial charge in [0.2, 0.25) is 5.91 Å². The highest BCUT2D eigenvalue weighted by molar-refractivity contribution is 5.93. The van der Waals surface area contributed by atoms with E-state index in [1.54, 1.807) is 24.3 Å². The number of esters is 1. The van der Waals surface area contributed by atoms with Gasteiger partial charge in [-0.25, -0.2) is 4.79 Å². The van der Waals surface area contributed by atoms with Crippen LogP contribution >= 0.6 is 0 Å². The smallest absolute Gasteiger partial charge is 0.338 e. The van der Waals surface area contributed by atoms with E-state index < -0.39 is 0 Å². The Bertz CT molecular complexity index is 849. The fraction of sp³-hybridized carbons (Fsp3) is 0.517. The number of nitrogens with one attached hydrogen (secondary N) is 1. The van der Waals surface area contributed by atoms with E-state index >= 15 is 0 Å². The molecule has 0 atom stereocenters. The molecule has 0 heterocycles. The minimum absolute atomic E-state index is 0. The van der Waals surface area contributed by atoms with Gasteiger partial charge in [-0.05, 0) is 82.8 Å². The van der Waals surface area contributed by atoms with Gasteiger partial charge in [-0.15, -0.1) is 0 Å². The number of amides is 1. The highest BCUT2D eigenvalue weighted by atomic mass is 16.5. The SMILES string of the molecule is C.CC.CC.Cc1cccc(C)c1NC(=O)CN(C)CCCN(C)CCOC(=O)c1ccc(N)cc1. The summed E-state index contributed by atoms with van der Waals surface area (Å²) in [7, 11) is 3.93. The van der Waals surface area contributed by atoms with Crippen LogP contribution in [0, 0.1) is 13.8 Å². The zero-order valence-electron chi connectivity index (χ0n) is 23.0. The molecule has 2 rings (SSSR count). The Balaban J connectivity index is 0. The zero-order chi connectivity index (χ0) is 26.8. The summed E-state index contributed by atoms with van der Waals surface area (Å²) in [6.45, 7) is 15.0. The van der Waals surface area contributed by atoms with Crippen LogP contribution in [-0.2, 0) is 9.53 Å². The lowest BCUT2D eigenvalue weighted by Crippen LogP contribution is -2.33. The Labute approximate surface area is 220 Å². The van der Waals surface area contributed by atoms with E-state index in [2.05, 4.69) is 10.2 Å². The van der Waals surface area contributed by atoms with E-state index in [4.69, 9.17) is 10.5 Å². The van der Waals surface area contributed by atoms with Crippen molar-refractivity contribution in [2.24, 2.45) is 0 Å². The Hall–Kier alpha value is -2.90. The van der Waals surface area contributed by atoms with Crippen LogP contribution in [0.4, 0.5) is 11.4 Å². The number of rotatable bonds is 11. The maximum absolute atomic E-state index is 12.3. The molecule has 0 aliphatic carbocycles. The first kappa shape index (κ1) is 35.3. The minimum Gasteiger partial charge on any atom is -0.461 e. The number of carbonyl (C=O) groups excluding carboxylic acids is 2. The van der Waals surface area contributed by atoms with Gasteiger partial charge in [-0.3, -0.25) is 9.69 Å². The zero-order valence-corrected chi connectivity index (χ0v) is 23.0. The van der Waals surface area contributed by atoms with Crippen LogP contribution in [0.15, 0.2) is 42.5 Å². The quantitative estimate of drug-likeness (QED) is 0.306. The largest absolute Gasteiger partial charge is 0.461 e. The van der Waals surface area contributed by atoms with Crippen molar-refractivity contribution in [1.82, 2.24) is 9.80 Å². The molecule has 0 aromatic heterocycles. The van der Waals surface area contributed by atoms with Gasteiger partial charge in [0, 0.05) is 17.9 Å². The van der Waals surface area contributed by atoms with Crippen LogP contribution in [0.5, 0.6) is 0 Å². The highest BCUT2D eigenvalue weighted by Gasteiger charge is 2.11.